The molecule has 0 bridgehead atoms. The number of nitrogens with one attached hydrogen (secondary N) is 1. The molecular weight excluding hydrogens is 202 g/mol. The lowest BCUT2D eigenvalue weighted by atomic mass is 10.1. The van der Waals surface area contributed by atoms with Crippen LogP contribution in [0.5, 0.6) is 0 Å². The molecule has 0 radical (unpaired) electrons. The summed E-state index contributed by atoms with van der Waals surface area (Å²) in [5, 5.41) is 11.9. The predicted octanol–water partition coefficient (Wildman–Crippen LogP) is 1.28. The van der Waals surface area contributed by atoms with Crippen molar-refractivity contribution in [3.63, 3.8) is 0 Å². The van der Waals surface area contributed by atoms with Crippen LogP contribution in [0.2, 0.25) is 0 Å². The van der Waals surface area contributed by atoms with Gasteiger partial charge in [-0.25, -0.2) is 0 Å². The summed E-state index contributed by atoms with van der Waals surface area (Å²) in [6, 6.07) is 9.54. The predicted molar refractivity (Wildman–Crippen MR) is 64.0 cm³/mol. The molecule has 1 rings (SSSR count). The second-order valence-corrected chi connectivity index (χ2v) is 3.63. The van der Waals surface area contributed by atoms with E-state index in [9.17, 15) is 4.79 Å². The third-order valence-electron chi connectivity index (χ3n) is 2.24. The molecule has 0 aliphatic rings. The van der Waals surface area contributed by atoms with Gasteiger partial charge < -0.3 is 10.4 Å². The van der Waals surface area contributed by atoms with Crippen LogP contribution in [0.1, 0.15) is 12.0 Å². The zero-order chi connectivity index (χ0) is 11.8. The van der Waals surface area contributed by atoms with Gasteiger partial charge in [-0.15, -0.1) is 6.58 Å². The van der Waals surface area contributed by atoms with Gasteiger partial charge in [0.15, 0.2) is 0 Å². The summed E-state index contributed by atoms with van der Waals surface area (Å²) in [6.07, 6.45) is 2.47. The maximum absolute atomic E-state index is 11.3. The summed E-state index contributed by atoms with van der Waals surface area (Å²) in [4.78, 5) is 11.3. The summed E-state index contributed by atoms with van der Waals surface area (Å²) >= 11 is 0. The Morgan fingerprint density at radius 2 is 2.12 bits per heavy atom. The molecule has 16 heavy (non-hydrogen) atoms. The minimum atomic E-state index is -0.227. The quantitative estimate of drug-likeness (QED) is 0.708. The van der Waals surface area contributed by atoms with E-state index in [0.717, 1.165) is 5.56 Å². The Bertz CT molecular complexity index is 335. The van der Waals surface area contributed by atoms with E-state index in [2.05, 4.69) is 11.9 Å². The second-order valence-electron chi connectivity index (χ2n) is 3.63. The molecule has 1 aromatic carbocycles. The summed E-state index contributed by atoms with van der Waals surface area (Å²) < 4.78 is 0. The molecule has 0 fully saturated rings. The van der Waals surface area contributed by atoms with Gasteiger partial charge >= 0.3 is 0 Å². The molecule has 3 heteroatoms. The Hall–Kier alpha value is -1.61. The number of aliphatic hydroxyl groups is 1. The van der Waals surface area contributed by atoms with Crippen molar-refractivity contribution in [1.82, 2.24) is 5.32 Å². The van der Waals surface area contributed by atoms with Gasteiger partial charge in [0.25, 0.3) is 0 Å². The Morgan fingerprint density at radius 3 is 2.69 bits per heavy atom. The van der Waals surface area contributed by atoms with Crippen LogP contribution >= 0.6 is 0 Å². The van der Waals surface area contributed by atoms with E-state index in [1.807, 2.05) is 30.3 Å². The van der Waals surface area contributed by atoms with Crippen LogP contribution < -0.4 is 5.32 Å². The fourth-order valence-corrected chi connectivity index (χ4v) is 1.48. The monoisotopic (exact) mass is 219 g/mol. The first kappa shape index (κ1) is 12.5. The molecule has 0 saturated heterocycles. The molecular formula is C13H17NO2. The lowest BCUT2D eigenvalue weighted by Gasteiger charge is -2.15. The van der Waals surface area contributed by atoms with Gasteiger partial charge in [-0.05, 0) is 12.0 Å². The summed E-state index contributed by atoms with van der Waals surface area (Å²) in [7, 11) is 0. The smallest absolute Gasteiger partial charge is 0.224 e. The Balaban J connectivity index is 2.49. The molecule has 1 aromatic rings. The fourth-order valence-electron chi connectivity index (χ4n) is 1.48. The molecule has 0 aliphatic carbocycles. The largest absolute Gasteiger partial charge is 0.394 e. The Labute approximate surface area is 95.8 Å². The lowest BCUT2D eigenvalue weighted by molar-refractivity contribution is -0.121. The molecule has 2 N–H and O–H groups in total. The van der Waals surface area contributed by atoms with Gasteiger partial charge in [-0.2, -0.15) is 0 Å². The van der Waals surface area contributed by atoms with E-state index in [4.69, 9.17) is 5.11 Å². The van der Waals surface area contributed by atoms with E-state index >= 15 is 0 Å². The van der Waals surface area contributed by atoms with Gasteiger partial charge in [0.05, 0.1) is 12.6 Å². The number of aliphatic hydroxyl groups excluding tert-OH is 1. The molecule has 86 valence electrons. The minimum absolute atomic E-state index is 0.0578. The molecule has 0 heterocycles. The average Bonchev–Trinajstić information content (AvgIpc) is 2.30. The molecule has 1 amide bonds. The van der Waals surface area contributed by atoms with Gasteiger partial charge in [0.1, 0.15) is 0 Å². The van der Waals surface area contributed by atoms with E-state index in [0.29, 0.717) is 6.42 Å². The highest BCUT2D eigenvalue weighted by atomic mass is 16.3. The maximum Gasteiger partial charge on any atom is 0.224 e. The average molecular weight is 219 g/mol. The van der Waals surface area contributed by atoms with Gasteiger partial charge in [0.2, 0.25) is 5.91 Å². The summed E-state index contributed by atoms with van der Waals surface area (Å²) in [5.74, 6) is -0.106. The molecule has 1 atom stereocenters. The lowest BCUT2D eigenvalue weighted by Crippen LogP contribution is -2.38. The van der Waals surface area contributed by atoms with Crippen LogP contribution in [-0.2, 0) is 11.2 Å². The first-order chi connectivity index (χ1) is 7.76. The van der Waals surface area contributed by atoms with Gasteiger partial charge in [-0.1, -0.05) is 36.4 Å². The van der Waals surface area contributed by atoms with Crippen LogP contribution in [0.3, 0.4) is 0 Å². The minimum Gasteiger partial charge on any atom is -0.394 e. The van der Waals surface area contributed by atoms with E-state index < -0.39 is 0 Å². The normalized spacial score (nSPS) is 11.8. The van der Waals surface area contributed by atoms with Crippen molar-refractivity contribution in [3.8, 4) is 0 Å². The molecule has 0 saturated carbocycles. The first-order valence-electron chi connectivity index (χ1n) is 5.31. The van der Waals surface area contributed by atoms with Crippen molar-refractivity contribution in [2.75, 3.05) is 6.61 Å². The summed E-state index contributed by atoms with van der Waals surface area (Å²) in [6.45, 7) is 3.44. The maximum atomic E-state index is 11.3. The second kappa shape index (κ2) is 6.80. The molecule has 0 unspecified atom stereocenters. The molecule has 0 spiro atoms. The van der Waals surface area contributed by atoms with Crippen molar-refractivity contribution in [2.24, 2.45) is 0 Å². The number of carbonyl (C=O) groups is 1. The standard InChI is InChI=1S/C13H17NO2/c1-2-6-13(16)14-12(10-15)9-11-7-4-3-5-8-11/h2-5,7-8,12,15H,1,6,9-10H2,(H,14,16)/t12-/m0/s1. The highest BCUT2D eigenvalue weighted by molar-refractivity contribution is 5.77. The number of rotatable bonds is 6. The zero-order valence-corrected chi connectivity index (χ0v) is 9.23. The van der Waals surface area contributed by atoms with Crippen LogP contribution in [0.15, 0.2) is 43.0 Å². The summed E-state index contributed by atoms with van der Waals surface area (Å²) in [5.41, 5.74) is 1.10. The fraction of sp³-hybridized carbons (Fsp3) is 0.308. The van der Waals surface area contributed by atoms with Crippen LogP contribution in [0, 0.1) is 0 Å². The first-order valence-corrected chi connectivity index (χ1v) is 5.31. The van der Waals surface area contributed by atoms with Gasteiger partial charge in [-0.3, -0.25) is 4.79 Å². The highest BCUT2D eigenvalue weighted by Gasteiger charge is 2.10. The van der Waals surface area contributed by atoms with E-state index in [-0.39, 0.29) is 25.0 Å². The molecule has 0 aliphatic heterocycles. The topological polar surface area (TPSA) is 49.3 Å². The van der Waals surface area contributed by atoms with Crippen LogP contribution in [0.25, 0.3) is 0 Å². The van der Waals surface area contributed by atoms with Crippen molar-refractivity contribution < 1.29 is 9.90 Å². The van der Waals surface area contributed by atoms with Crippen molar-refractivity contribution in [3.05, 3.63) is 48.6 Å². The van der Waals surface area contributed by atoms with Crippen molar-refractivity contribution >= 4 is 5.91 Å². The Morgan fingerprint density at radius 1 is 1.44 bits per heavy atom. The number of hydrogen-bond donors (Lipinski definition) is 2. The van der Waals surface area contributed by atoms with Crippen LogP contribution in [-0.4, -0.2) is 23.7 Å². The highest BCUT2D eigenvalue weighted by Crippen LogP contribution is 2.03. The van der Waals surface area contributed by atoms with Crippen LogP contribution in [0.4, 0.5) is 0 Å². The zero-order valence-electron chi connectivity index (χ0n) is 9.23. The van der Waals surface area contributed by atoms with E-state index in [1.165, 1.54) is 0 Å². The Kier molecular flexibility index (Phi) is 5.29. The third-order valence-corrected chi connectivity index (χ3v) is 2.24. The van der Waals surface area contributed by atoms with Crippen molar-refractivity contribution in [2.45, 2.75) is 18.9 Å². The SMILES string of the molecule is C=CCC(=O)N[C@H](CO)Cc1ccccc1. The number of benzene rings is 1. The van der Waals surface area contributed by atoms with E-state index in [1.54, 1.807) is 6.08 Å². The van der Waals surface area contributed by atoms with Gasteiger partial charge in [0, 0.05) is 6.42 Å². The third kappa shape index (κ3) is 4.28. The number of hydrogen-bond acceptors (Lipinski definition) is 2. The molecule has 3 nitrogen and oxygen atoms in total. The van der Waals surface area contributed by atoms with Crippen molar-refractivity contribution in [1.29, 1.82) is 0 Å². The molecule has 0 aromatic heterocycles. The number of amides is 1. The number of carbonyl (C=O) groups excluding carboxylic acids is 1.